The summed E-state index contributed by atoms with van der Waals surface area (Å²) in [6.45, 7) is 7.19. The molecule has 1 aromatic carbocycles. The van der Waals surface area contributed by atoms with Crippen LogP contribution in [0.5, 0.6) is 0 Å². The quantitative estimate of drug-likeness (QED) is 0.916. The van der Waals surface area contributed by atoms with Gasteiger partial charge in [-0.3, -0.25) is 9.48 Å². The van der Waals surface area contributed by atoms with Gasteiger partial charge in [0.2, 0.25) is 0 Å². The van der Waals surface area contributed by atoms with Crippen LogP contribution in [0.15, 0.2) is 36.5 Å². The van der Waals surface area contributed by atoms with E-state index in [0.29, 0.717) is 11.7 Å². The lowest BCUT2D eigenvalue weighted by atomic mass is 9.78. The van der Waals surface area contributed by atoms with Crippen LogP contribution >= 0.6 is 0 Å². The minimum Gasteiger partial charge on any atom is -0.315 e. The van der Waals surface area contributed by atoms with Crippen molar-refractivity contribution in [3.05, 3.63) is 47.8 Å². The van der Waals surface area contributed by atoms with Crippen LogP contribution in [0.1, 0.15) is 61.6 Å². The molecule has 0 spiro atoms. The third-order valence-corrected chi connectivity index (χ3v) is 6.30. The van der Waals surface area contributed by atoms with Crippen molar-refractivity contribution in [2.24, 2.45) is 0 Å². The Labute approximate surface area is 155 Å². The number of nitrogens with zero attached hydrogens (tertiary/aromatic N) is 3. The number of anilines is 1. The number of aromatic nitrogens is 2. The molecule has 1 aromatic heterocycles. The molecule has 138 valence electrons. The standard InChI is InChI=1S/C21H28N4O/c1-3-21(4-2)15-24(19-10-6-5-9-17(19)21)20(26)18-11-13-25(23-18)16-8-7-12-22-14-16/h5-6,9-11,13,16,22H,3-4,7-8,12,14-15H2,1-2H3. The molecule has 2 aliphatic rings. The van der Waals surface area contributed by atoms with E-state index in [1.54, 1.807) is 0 Å². The van der Waals surface area contributed by atoms with E-state index in [1.807, 2.05) is 27.9 Å². The Balaban J connectivity index is 1.62. The molecule has 3 heterocycles. The highest BCUT2D eigenvalue weighted by atomic mass is 16.2. The molecular weight excluding hydrogens is 324 g/mol. The number of carbonyl (C=O) groups is 1. The molecule has 1 saturated heterocycles. The molecule has 0 aliphatic carbocycles. The Morgan fingerprint density at radius 2 is 2.08 bits per heavy atom. The lowest BCUT2D eigenvalue weighted by Gasteiger charge is -2.27. The maximum Gasteiger partial charge on any atom is 0.278 e. The average molecular weight is 352 g/mol. The predicted molar refractivity (Wildman–Crippen MR) is 104 cm³/mol. The summed E-state index contributed by atoms with van der Waals surface area (Å²) in [5.41, 5.74) is 2.96. The Morgan fingerprint density at radius 3 is 2.81 bits per heavy atom. The number of piperidine rings is 1. The summed E-state index contributed by atoms with van der Waals surface area (Å²) in [6.07, 6.45) is 6.30. The summed E-state index contributed by atoms with van der Waals surface area (Å²) in [7, 11) is 0. The molecule has 1 amide bonds. The molecular formula is C21H28N4O. The molecule has 4 rings (SSSR count). The van der Waals surface area contributed by atoms with Crippen molar-refractivity contribution in [3.8, 4) is 0 Å². The van der Waals surface area contributed by atoms with Crippen molar-refractivity contribution < 1.29 is 4.79 Å². The van der Waals surface area contributed by atoms with Gasteiger partial charge >= 0.3 is 0 Å². The van der Waals surface area contributed by atoms with Crippen molar-refractivity contribution in [2.75, 3.05) is 24.5 Å². The number of fused-ring (bicyclic) bond motifs is 1. The third kappa shape index (κ3) is 2.75. The molecule has 0 saturated carbocycles. The van der Waals surface area contributed by atoms with E-state index in [1.165, 1.54) is 5.56 Å². The van der Waals surface area contributed by atoms with Gasteiger partial charge < -0.3 is 10.2 Å². The molecule has 1 N–H and O–H groups in total. The van der Waals surface area contributed by atoms with Gasteiger partial charge in [0.1, 0.15) is 0 Å². The Kier molecular flexibility index (Phi) is 4.57. The molecule has 26 heavy (non-hydrogen) atoms. The zero-order valence-corrected chi connectivity index (χ0v) is 15.7. The summed E-state index contributed by atoms with van der Waals surface area (Å²) in [5, 5.41) is 8.05. The van der Waals surface area contributed by atoms with Gasteiger partial charge in [-0.2, -0.15) is 5.10 Å². The summed E-state index contributed by atoms with van der Waals surface area (Å²) in [4.78, 5) is 15.2. The third-order valence-electron chi connectivity index (χ3n) is 6.30. The highest BCUT2D eigenvalue weighted by molar-refractivity contribution is 6.06. The van der Waals surface area contributed by atoms with Crippen LogP contribution in [-0.2, 0) is 5.41 Å². The van der Waals surface area contributed by atoms with E-state index < -0.39 is 0 Å². The van der Waals surface area contributed by atoms with Gasteiger partial charge in [0, 0.05) is 30.4 Å². The highest BCUT2D eigenvalue weighted by Gasteiger charge is 2.42. The number of para-hydroxylation sites is 1. The molecule has 0 bridgehead atoms. The van der Waals surface area contributed by atoms with Gasteiger partial charge in [0.25, 0.3) is 5.91 Å². The van der Waals surface area contributed by atoms with Crippen molar-refractivity contribution in [1.82, 2.24) is 15.1 Å². The predicted octanol–water partition coefficient (Wildman–Crippen LogP) is 3.53. The molecule has 0 radical (unpaired) electrons. The van der Waals surface area contributed by atoms with Crippen LogP contribution in [0.25, 0.3) is 0 Å². The van der Waals surface area contributed by atoms with Crippen molar-refractivity contribution in [2.45, 2.75) is 51.0 Å². The number of benzene rings is 1. The molecule has 1 fully saturated rings. The zero-order valence-electron chi connectivity index (χ0n) is 15.7. The molecule has 2 aromatic rings. The maximum atomic E-state index is 13.3. The van der Waals surface area contributed by atoms with Crippen LogP contribution in [0.2, 0.25) is 0 Å². The first-order valence-electron chi connectivity index (χ1n) is 9.86. The van der Waals surface area contributed by atoms with E-state index in [9.17, 15) is 4.79 Å². The van der Waals surface area contributed by atoms with Crippen LogP contribution in [0, 0.1) is 0 Å². The second-order valence-electron chi connectivity index (χ2n) is 7.58. The summed E-state index contributed by atoms with van der Waals surface area (Å²) in [6, 6.07) is 10.6. The number of carbonyl (C=O) groups excluding carboxylic acids is 1. The second-order valence-corrected chi connectivity index (χ2v) is 7.58. The van der Waals surface area contributed by atoms with Gasteiger partial charge in [-0.25, -0.2) is 0 Å². The highest BCUT2D eigenvalue weighted by Crippen LogP contribution is 2.45. The fourth-order valence-electron chi connectivity index (χ4n) is 4.52. The van der Waals surface area contributed by atoms with Gasteiger partial charge in [-0.15, -0.1) is 0 Å². The van der Waals surface area contributed by atoms with Crippen LogP contribution in [0.4, 0.5) is 5.69 Å². The summed E-state index contributed by atoms with van der Waals surface area (Å²) < 4.78 is 1.97. The van der Waals surface area contributed by atoms with Gasteiger partial charge in [0.15, 0.2) is 5.69 Å². The topological polar surface area (TPSA) is 50.2 Å². The minimum absolute atomic E-state index is 0.0174. The first-order valence-corrected chi connectivity index (χ1v) is 9.86. The molecule has 5 nitrogen and oxygen atoms in total. The lowest BCUT2D eigenvalue weighted by Crippen LogP contribution is -2.37. The second kappa shape index (κ2) is 6.88. The number of amides is 1. The zero-order chi connectivity index (χ0) is 18.1. The first kappa shape index (κ1) is 17.3. The maximum absolute atomic E-state index is 13.3. The Bertz CT molecular complexity index is 787. The molecule has 1 atom stereocenters. The fourth-order valence-corrected chi connectivity index (χ4v) is 4.52. The molecule has 2 aliphatic heterocycles. The SMILES string of the molecule is CCC1(CC)CN(C(=O)c2ccn(C3CCCNC3)n2)c2ccccc21. The summed E-state index contributed by atoms with van der Waals surface area (Å²) >= 11 is 0. The average Bonchev–Trinajstić information content (AvgIpc) is 3.32. The van der Waals surface area contributed by atoms with E-state index in [2.05, 4.69) is 42.5 Å². The monoisotopic (exact) mass is 352 g/mol. The van der Waals surface area contributed by atoms with Crippen molar-refractivity contribution in [1.29, 1.82) is 0 Å². The lowest BCUT2D eigenvalue weighted by molar-refractivity contribution is 0.0978. The minimum atomic E-state index is 0.0174. The van der Waals surface area contributed by atoms with Gasteiger partial charge in [-0.05, 0) is 49.9 Å². The Hall–Kier alpha value is -2.14. The fraction of sp³-hybridized carbons (Fsp3) is 0.524. The van der Waals surface area contributed by atoms with Gasteiger partial charge in [-0.1, -0.05) is 32.0 Å². The number of hydrogen-bond donors (Lipinski definition) is 1. The van der Waals surface area contributed by atoms with Crippen molar-refractivity contribution in [3.63, 3.8) is 0 Å². The van der Waals surface area contributed by atoms with Gasteiger partial charge in [0.05, 0.1) is 6.04 Å². The van der Waals surface area contributed by atoms with E-state index in [4.69, 9.17) is 0 Å². The smallest absolute Gasteiger partial charge is 0.278 e. The number of rotatable bonds is 4. The van der Waals surface area contributed by atoms with E-state index in [-0.39, 0.29) is 11.3 Å². The van der Waals surface area contributed by atoms with Crippen LogP contribution in [0.3, 0.4) is 0 Å². The molecule has 5 heteroatoms. The van der Waals surface area contributed by atoms with E-state index >= 15 is 0 Å². The first-order chi connectivity index (χ1) is 12.7. The van der Waals surface area contributed by atoms with Crippen LogP contribution in [-0.4, -0.2) is 35.3 Å². The number of hydrogen-bond acceptors (Lipinski definition) is 3. The van der Waals surface area contributed by atoms with Crippen molar-refractivity contribution >= 4 is 11.6 Å². The summed E-state index contributed by atoms with van der Waals surface area (Å²) in [5.74, 6) is 0.0174. The Morgan fingerprint density at radius 1 is 1.27 bits per heavy atom. The molecule has 1 unspecified atom stereocenters. The van der Waals surface area contributed by atoms with Crippen LogP contribution < -0.4 is 10.2 Å². The largest absolute Gasteiger partial charge is 0.315 e. The van der Waals surface area contributed by atoms with E-state index in [0.717, 1.165) is 51.0 Å². The normalized spacial score (nSPS) is 21.6. The number of nitrogens with one attached hydrogen (secondary N) is 1.